The van der Waals surface area contributed by atoms with Crippen LogP contribution in [0.1, 0.15) is 49.4 Å². The van der Waals surface area contributed by atoms with E-state index >= 15 is 0 Å². The van der Waals surface area contributed by atoms with Gasteiger partial charge in [0.2, 0.25) is 5.89 Å². The first-order chi connectivity index (χ1) is 10.3. The van der Waals surface area contributed by atoms with Crippen molar-refractivity contribution in [1.29, 1.82) is 0 Å². The molecule has 2 N–H and O–H groups in total. The highest BCUT2D eigenvalue weighted by atomic mass is 32.2. The molecule has 112 valence electrons. The van der Waals surface area contributed by atoms with Crippen LogP contribution in [0.4, 0.5) is 5.69 Å². The Bertz CT molecular complexity index is 578. The quantitative estimate of drug-likeness (QED) is 0.851. The summed E-state index contributed by atoms with van der Waals surface area (Å²) in [7, 11) is 0. The van der Waals surface area contributed by atoms with Gasteiger partial charge in [-0.05, 0) is 24.5 Å². The Hall–Kier alpha value is -1.49. The van der Waals surface area contributed by atoms with E-state index in [1.165, 1.54) is 32.1 Å². The van der Waals surface area contributed by atoms with Gasteiger partial charge in [-0.25, -0.2) is 0 Å². The Kier molecular flexibility index (Phi) is 4.80. The van der Waals surface area contributed by atoms with Gasteiger partial charge in [0.1, 0.15) is 0 Å². The van der Waals surface area contributed by atoms with E-state index in [-0.39, 0.29) is 0 Å². The van der Waals surface area contributed by atoms with Crippen molar-refractivity contribution in [2.24, 2.45) is 0 Å². The number of nitrogens with two attached hydrogens (primary N) is 1. The topological polar surface area (TPSA) is 64.9 Å². The fourth-order valence-corrected chi connectivity index (χ4v) is 3.87. The van der Waals surface area contributed by atoms with E-state index in [4.69, 9.17) is 10.3 Å². The number of anilines is 1. The maximum atomic E-state index is 5.94. The number of hydrogen-bond donors (Lipinski definition) is 1. The SMILES string of the molecule is Nc1ccccc1Cc1nc(CSC2CCCCC2)no1. The van der Waals surface area contributed by atoms with Crippen molar-refractivity contribution in [3.63, 3.8) is 0 Å². The van der Waals surface area contributed by atoms with Gasteiger partial charge >= 0.3 is 0 Å². The summed E-state index contributed by atoms with van der Waals surface area (Å²) >= 11 is 1.96. The van der Waals surface area contributed by atoms with Crippen LogP contribution in [0.15, 0.2) is 28.8 Å². The number of benzene rings is 1. The van der Waals surface area contributed by atoms with Crippen LogP contribution in [0.25, 0.3) is 0 Å². The number of nitrogens with zero attached hydrogens (tertiary/aromatic N) is 2. The molecule has 0 spiro atoms. The molecule has 1 aliphatic rings. The van der Waals surface area contributed by atoms with E-state index < -0.39 is 0 Å². The van der Waals surface area contributed by atoms with Crippen LogP contribution < -0.4 is 5.73 Å². The molecule has 0 atom stereocenters. The van der Waals surface area contributed by atoms with Crippen LogP contribution in [-0.4, -0.2) is 15.4 Å². The molecule has 0 unspecified atom stereocenters. The molecule has 1 saturated carbocycles. The van der Waals surface area contributed by atoms with Crippen LogP contribution in [0.3, 0.4) is 0 Å². The van der Waals surface area contributed by atoms with Crippen LogP contribution in [0, 0.1) is 0 Å². The van der Waals surface area contributed by atoms with Gasteiger partial charge in [-0.1, -0.05) is 42.6 Å². The molecule has 1 aromatic heterocycles. The van der Waals surface area contributed by atoms with E-state index in [1.54, 1.807) is 0 Å². The largest absolute Gasteiger partial charge is 0.398 e. The summed E-state index contributed by atoms with van der Waals surface area (Å²) in [5.41, 5.74) is 7.74. The van der Waals surface area contributed by atoms with Crippen molar-refractivity contribution in [2.75, 3.05) is 5.73 Å². The van der Waals surface area contributed by atoms with E-state index in [2.05, 4.69) is 10.1 Å². The molecule has 0 amide bonds. The van der Waals surface area contributed by atoms with Crippen LogP contribution in [0.5, 0.6) is 0 Å². The van der Waals surface area contributed by atoms with Gasteiger partial charge in [-0.2, -0.15) is 16.7 Å². The van der Waals surface area contributed by atoms with Crippen molar-refractivity contribution in [3.05, 3.63) is 41.5 Å². The summed E-state index contributed by atoms with van der Waals surface area (Å²) < 4.78 is 5.33. The number of nitrogen functional groups attached to an aromatic ring is 1. The molecule has 1 heterocycles. The van der Waals surface area contributed by atoms with Crippen molar-refractivity contribution < 1.29 is 4.52 Å². The van der Waals surface area contributed by atoms with Crippen molar-refractivity contribution in [1.82, 2.24) is 10.1 Å². The summed E-state index contributed by atoms with van der Waals surface area (Å²) in [6.45, 7) is 0. The van der Waals surface area contributed by atoms with Crippen molar-refractivity contribution >= 4 is 17.4 Å². The molecule has 0 bridgehead atoms. The number of aromatic nitrogens is 2. The van der Waals surface area contributed by atoms with Gasteiger partial charge < -0.3 is 10.3 Å². The normalized spacial score (nSPS) is 16.2. The number of rotatable bonds is 5. The van der Waals surface area contributed by atoms with Gasteiger partial charge in [0.15, 0.2) is 5.82 Å². The molecular formula is C16H21N3OS. The van der Waals surface area contributed by atoms with Gasteiger partial charge in [0.25, 0.3) is 0 Å². The molecule has 0 saturated heterocycles. The molecular weight excluding hydrogens is 282 g/mol. The fourth-order valence-electron chi connectivity index (χ4n) is 2.70. The first kappa shape index (κ1) is 14.4. The summed E-state index contributed by atoms with van der Waals surface area (Å²) in [5.74, 6) is 2.29. The molecule has 1 aliphatic carbocycles. The highest BCUT2D eigenvalue weighted by molar-refractivity contribution is 7.99. The lowest BCUT2D eigenvalue weighted by atomic mass is 10.0. The highest BCUT2D eigenvalue weighted by Gasteiger charge is 2.15. The van der Waals surface area contributed by atoms with Crippen LogP contribution in [0.2, 0.25) is 0 Å². The fraction of sp³-hybridized carbons (Fsp3) is 0.500. The van der Waals surface area contributed by atoms with Gasteiger partial charge in [-0.15, -0.1) is 0 Å². The molecule has 21 heavy (non-hydrogen) atoms. The zero-order valence-electron chi connectivity index (χ0n) is 12.1. The van der Waals surface area contributed by atoms with E-state index in [9.17, 15) is 0 Å². The molecule has 2 aromatic rings. The van der Waals surface area contributed by atoms with Crippen LogP contribution >= 0.6 is 11.8 Å². The molecule has 1 fully saturated rings. The highest BCUT2D eigenvalue weighted by Crippen LogP contribution is 2.30. The molecule has 0 aliphatic heterocycles. The zero-order chi connectivity index (χ0) is 14.5. The minimum absolute atomic E-state index is 0.605. The van der Waals surface area contributed by atoms with Gasteiger partial charge in [-0.3, -0.25) is 0 Å². The van der Waals surface area contributed by atoms with Crippen LogP contribution in [-0.2, 0) is 12.2 Å². The van der Waals surface area contributed by atoms with E-state index in [0.717, 1.165) is 28.1 Å². The second-order valence-corrected chi connectivity index (χ2v) is 6.84. The predicted molar refractivity (Wildman–Crippen MR) is 86.1 cm³/mol. The Labute approximate surface area is 129 Å². The third-order valence-electron chi connectivity index (χ3n) is 3.91. The molecule has 1 aromatic carbocycles. The lowest BCUT2D eigenvalue weighted by Gasteiger charge is -2.19. The lowest BCUT2D eigenvalue weighted by Crippen LogP contribution is -2.08. The third-order valence-corrected chi connectivity index (χ3v) is 5.27. The summed E-state index contributed by atoms with van der Waals surface area (Å²) in [4.78, 5) is 4.48. The second-order valence-electron chi connectivity index (χ2n) is 5.55. The first-order valence-electron chi connectivity index (χ1n) is 7.58. The van der Waals surface area contributed by atoms with Crippen molar-refractivity contribution in [3.8, 4) is 0 Å². The Morgan fingerprint density at radius 2 is 2.00 bits per heavy atom. The monoisotopic (exact) mass is 303 g/mol. The zero-order valence-corrected chi connectivity index (χ0v) is 12.9. The number of para-hydroxylation sites is 1. The van der Waals surface area contributed by atoms with Gasteiger partial charge in [0.05, 0.1) is 12.2 Å². The van der Waals surface area contributed by atoms with Gasteiger partial charge in [0, 0.05) is 10.9 Å². The third kappa shape index (κ3) is 4.00. The molecule has 5 heteroatoms. The lowest BCUT2D eigenvalue weighted by molar-refractivity contribution is 0.381. The minimum Gasteiger partial charge on any atom is -0.398 e. The Morgan fingerprint density at radius 1 is 1.19 bits per heavy atom. The Balaban J connectivity index is 1.55. The molecule has 4 nitrogen and oxygen atoms in total. The second kappa shape index (κ2) is 6.98. The van der Waals surface area contributed by atoms with Crippen molar-refractivity contribution in [2.45, 2.75) is 49.5 Å². The predicted octanol–water partition coefficient (Wildman–Crippen LogP) is 3.81. The molecule has 0 radical (unpaired) electrons. The summed E-state index contributed by atoms with van der Waals surface area (Å²) in [6, 6.07) is 7.79. The van der Waals surface area contributed by atoms with E-state index in [0.29, 0.717) is 12.3 Å². The van der Waals surface area contributed by atoms with E-state index in [1.807, 2.05) is 36.0 Å². The average Bonchev–Trinajstić information content (AvgIpc) is 2.96. The smallest absolute Gasteiger partial charge is 0.231 e. The maximum Gasteiger partial charge on any atom is 0.231 e. The number of hydrogen-bond acceptors (Lipinski definition) is 5. The average molecular weight is 303 g/mol. The summed E-state index contributed by atoms with van der Waals surface area (Å²) in [6.07, 6.45) is 7.38. The standard InChI is InChI=1S/C16H21N3OS/c17-14-9-5-4-6-12(14)10-16-18-15(19-20-16)11-21-13-7-2-1-3-8-13/h4-6,9,13H,1-3,7-8,10-11,17H2. The molecule has 3 rings (SSSR count). The Morgan fingerprint density at radius 3 is 2.81 bits per heavy atom. The minimum atomic E-state index is 0.605. The first-order valence-corrected chi connectivity index (χ1v) is 8.62. The number of thioether (sulfide) groups is 1. The maximum absolute atomic E-state index is 5.94. The summed E-state index contributed by atoms with van der Waals surface area (Å²) in [5, 5.41) is 4.85.